The van der Waals surface area contributed by atoms with Crippen LogP contribution in [-0.4, -0.2) is 38.7 Å². The van der Waals surface area contributed by atoms with Gasteiger partial charge in [0.05, 0.1) is 12.5 Å². The van der Waals surface area contributed by atoms with Gasteiger partial charge in [-0.15, -0.1) is 10.2 Å². The van der Waals surface area contributed by atoms with E-state index in [-0.39, 0.29) is 11.8 Å². The van der Waals surface area contributed by atoms with E-state index in [1.54, 1.807) is 6.33 Å². The van der Waals surface area contributed by atoms with E-state index in [1.165, 1.54) is 0 Å². The van der Waals surface area contributed by atoms with E-state index < -0.39 is 0 Å². The third kappa shape index (κ3) is 2.95. The Balaban J connectivity index is 1.68. The highest BCUT2D eigenvalue weighted by Crippen LogP contribution is 2.15. The number of hydrogen-bond donors (Lipinski definition) is 1. The van der Waals surface area contributed by atoms with Crippen LogP contribution in [0.3, 0.4) is 0 Å². The molecule has 0 spiro atoms. The van der Waals surface area contributed by atoms with Crippen LogP contribution in [0.2, 0.25) is 0 Å². The van der Waals surface area contributed by atoms with Gasteiger partial charge in [0.25, 0.3) is 0 Å². The van der Waals surface area contributed by atoms with Gasteiger partial charge >= 0.3 is 0 Å². The lowest BCUT2D eigenvalue weighted by molar-refractivity contribution is -0.136. The van der Waals surface area contributed by atoms with Crippen molar-refractivity contribution in [3.05, 3.63) is 48.0 Å². The summed E-state index contributed by atoms with van der Waals surface area (Å²) in [7, 11) is 0. The fourth-order valence-corrected chi connectivity index (χ4v) is 2.68. The molecule has 0 fully saturated rings. The van der Waals surface area contributed by atoms with Gasteiger partial charge in [-0.05, 0) is 12.0 Å². The third-order valence-electron chi connectivity index (χ3n) is 3.91. The fourth-order valence-electron chi connectivity index (χ4n) is 2.68. The van der Waals surface area contributed by atoms with Crippen molar-refractivity contribution in [1.82, 2.24) is 19.7 Å². The first-order chi connectivity index (χ1) is 10.3. The van der Waals surface area contributed by atoms with Gasteiger partial charge < -0.3 is 15.2 Å². The molecule has 1 aromatic heterocycles. The summed E-state index contributed by atoms with van der Waals surface area (Å²) in [6, 6.07) is 10.00. The molecule has 0 radical (unpaired) electrons. The average molecular weight is 285 g/mol. The molecule has 1 atom stereocenters. The van der Waals surface area contributed by atoms with Crippen LogP contribution in [0.25, 0.3) is 0 Å². The number of carbonyl (C=O) groups is 1. The summed E-state index contributed by atoms with van der Waals surface area (Å²) < 4.78 is 1.98. The van der Waals surface area contributed by atoms with Gasteiger partial charge in [-0.1, -0.05) is 30.3 Å². The van der Waals surface area contributed by atoms with Crippen LogP contribution in [-0.2, 0) is 24.3 Å². The Morgan fingerprint density at radius 2 is 2.10 bits per heavy atom. The lowest BCUT2D eigenvalue weighted by Gasteiger charge is -2.30. The van der Waals surface area contributed by atoms with Crippen molar-refractivity contribution in [3.63, 3.8) is 0 Å². The van der Waals surface area contributed by atoms with E-state index in [4.69, 9.17) is 5.73 Å². The standard InChI is InChI=1S/C15H19N5O/c16-9-13(8-12-4-2-1-3-5-12)15(21)19-6-7-20-11-17-18-14(20)10-19/h1-5,11,13H,6-10,16H2. The Morgan fingerprint density at radius 1 is 1.29 bits per heavy atom. The molecular weight excluding hydrogens is 266 g/mol. The minimum Gasteiger partial charge on any atom is -0.333 e. The second-order valence-electron chi connectivity index (χ2n) is 5.32. The molecule has 1 amide bonds. The first-order valence-electron chi connectivity index (χ1n) is 7.17. The van der Waals surface area contributed by atoms with Crippen LogP contribution in [0, 0.1) is 5.92 Å². The number of benzene rings is 1. The monoisotopic (exact) mass is 285 g/mol. The van der Waals surface area contributed by atoms with Gasteiger partial charge in [-0.3, -0.25) is 4.79 Å². The maximum atomic E-state index is 12.7. The summed E-state index contributed by atoms with van der Waals surface area (Å²) in [6.45, 7) is 2.31. The molecule has 1 unspecified atom stereocenters. The Hall–Kier alpha value is -2.21. The topological polar surface area (TPSA) is 77.0 Å². The van der Waals surface area contributed by atoms with Crippen molar-refractivity contribution in [2.75, 3.05) is 13.1 Å². The highest BCUT2D eigenvalue weighted by Gasteiger charge is 2.27. The molecule has 1 aromatic carbocycles. The molecule has 0 saturated heterocycles. The highest BCUT2D eigenvalue weighted by molar-refractivity contribution is 5.79. The molecule has 3 rings (SSSR count). The summed E-state index contributed by atoms with van der Waals surface area (Å²) in [4.78, 5) is 14.5. The summed E-state index contributed by atoms with van der Waals surface area (Å²) in [5, 5.41) is 7.93. The van der Waals surface area contributed by atoms with Gasteiger partial charge in [0, 0.05) is 19.6 Å². The van der Waals surface area contributed by atoms with Crippen molar-refractivity contribution in [3.8, 4) is 0 Å². The Morgan fingerprint density at radius 3 is 2.86 bits per heavy atom. The van der Waals surface area contributed by atoms with Crippen molar-refractivity contribution in [2.45, 2.75) is 19.5 Å². The fraction of sp³-hybridized carbons (Fsp3) is 0.400. The maximum Gasteiger partial charge on any atom is 0.227 e. The number of rotatable bonds is 4. The van der Waals surface area contributed by atoms with Gasteiger partial charge in [0.2, 0.25) is 5.91 Å². The molecule has 0 aliphatic carbocycles. The van der Waals surface area contributed by atoms with E-state index in [2.05, 4.69) is 10.2 Å². The third-order valence-corrected chi connectivity index (χ3v) is 3.91. The van der Waals surface area contributed by atoms with E-state index in [1.807, 2.05) is 39.8 Å². The SMILES string of the molecule is NCC(Cc1ccccc1)C(=O)N1CCn2cnnc2C1. The van der Waals surface area contributed by atoms with Crippen LogP contribution in [0.15, 0.2) is 36.7 Å². The van der Waals surface area contributed by atoms with E-state index in [9.17, 15) is 4.79 Å². The van der Waals surface area contributed by atoms with E-state index in [0.29, 0.717) is 26.1 Å². The van der Waals surface area contributed by atoms with Crippen molar-refractivity contribution in [1.29, 1.82) is 0 Å². The van der Waals surface area contributed by atoms with E-state index >= 15 is 0 Å². The zero-order chi connectivity index (χ0) is 14.7. The van der Waals surface area contributed by atoms with Crippen LogP contribution in [0.1, 0.15) is 11.4 Å². The van der Waals surface area contributed by atoms with Crippen molar-refractivity contribution >= 4 is 5.91 Å². The molecule has 2 aromatic rings. The molecule has 21 heavy (non-hydrogen) atoms. The normalized spacial score (nSPS) is 15.6. The van der Waals surface area contributed by atoms with Crippen LogP contribution >= 0.6 is 0 Å². The highest BCUT2D eigenvalue weighted by atomic mass is 16.2. The number of hydrogen-bond acceptors (Lipinski definition) is 4. The summed E-state index contributed by atoms with van der Waals surface area (Å²) >= 11 is 0. The minimum atomic E-state index is -0.179. The molecule has 6 nitrogen and oxygen atoms in total. The number of fused-ring (bicyclic) bond motifs is 1. The second-order valence-corrected chi connectivity index (χ2v) is 5.32. The molecule has 1 aliphatic rings. The number of aromatic nitrogens is 3. The molecule has 110 valence electrons. The molecular formula is C15H19N5O. The summed E-state index contributed by atoms with van der Waals surface area (Å²) in [5.74, 6) is 0.766. The number of carbonyl (C=O) groups excluding carboxylic acids is 1. The lowest BCUT2D eigenvalue weighted by atomic mass is 9.97. The molecule has 6 heteroatoms. The molecule has 0 bridgehead atoms. The van der Waals surface area contributed by atoms with E-state index in [0.717, 1.165) is 17.9 Å². The lowest BCUT2D eigenvalue weighted by Crippen LogP contribution is -2.44. The Bertz CT molecular complexity index is 610. The van der Waals surface area contributed by atoms with Gasteiger partial charge in [-0.2, -0.15) is 0 Å². The number of nitrogens with two attached hydrogens (primary N) is 1. The molecule has 1 aliphatic heterocycles. The number of amides is 1. The smallest absolute Gasteiger partial charge is 0.227 e. The zero-order valence-corrected chi connectivity index (χ0v) is 11.9. The summed E-state index contributed by atoms with van der Waals surface area (Å²) in [5.41, 5.74) is 6.96. The van der Waals surface area contributed by atoms with Crippen molar-refractivity contribution in [2.24, 2.45) is 11.7 Å². The largest absolute Gasteiger partial charge is 0.333 e. The first-order valence-corrected chi connectivity index (χ1v) is 7.17. The minimum absolute atomic E-state index is 0.107. The van der Waals surface area contributed by atoms with Crippen molar-refractivity contribution < 1.29 is 4.79 Å². The quantitative estimate of drug-likeness (QED) is 0.884. The predicted molar refractivity (Wildman–Crippen MR) is 78.1 cm³/mol. The second kappa shape index (κ2) is 6.05. The maximum absolute atomic E-state index is 12.7. The average Bonchev–Trinajstić information content (AvgIpc) is 3.00. The first kappa shape index (κ1) is 13.8. The van der Waals surface area contributed by atoms with Gasteiger partial charge in [-0.25, -0.2) is 0 Å². The van der Waals surface area contributed by atoms with Crippen LogP contribution in [0.4, 0.5) is 0 Å². The zero-order valence-electron chi connectivity index (χ0n) is 11.9. The van der Waals surface area contributed by atoms with Gasteiger partial charge in [0.1, 0.15) is 6.33 Å². The van der Waals surface area contributed by atoms with Crippen LogP contribution < -0.4 is 5.73 Å². The Kier molecular flexibility index (Phi) is 3.96. The molecule has 2 N–H and O–H groups in total. The van der Waals surface area contributed by atoms with Crippen LogP contribution in [0.5, 0.6) is 0 Å². The predicted octanol–water partition coefficient (Wildman–Crippen LogP) is 0.438. The van der Waals surface area contributed by atoms with Gasteiger partial charge in [0.15, 0.2) is 5.82 Å². The Labute approximate surface area is 123 Å². The molecule has 0 saturated carbocycles. The number of nitrogens with zero attached hydrogens (tertiary/aromatic N) is 4. The molecule has 2 heterocycles. The summed E-state index contributed by atoms with van der Waals surface area (Å²) in [6.07, 6.45) is 2.39.